The number of thiophene rings is 1. The number of hydrogen-bond donors (Lipinski definition) is 2. The average molecular weight is 365 g/mol. The molecule has 2 aromatic rings. The highest BCUT2D eigenvalue weighted by Crippen LogP contribution is 2.16. The average Bonchev–Trinajstić information content (AvgIpc) is 3.17. The smallest absolute Gasteiger partial charge is 0.321 e. The van der Waals surface area contributed by atoms with Crippen LogP contribution in [0.3, 0.4) is 0 Å². The molecule has 0 aliphatic rings. The van der Waals surface area contributed by atoms with E-state index in [0.717, 1.165) is 12.2 Å². The summed E-state index contributed by atoms with van der Waals surface area (Å²) in [4.78, 5) is 24.7. The fourth-order valence-electron chi connectivity index (χ4n) is 1.90. The number of carbonyl (C=O) groups is 2. The van der Waals surface area contributed by atoms with E-state index in [9.17, 15) is 9.59 Å². The summed E-state index contributed by atoms with van der Waals surface area (Å²) in [6.07, 6.45) is 2.49. The van der Waals surface area contributed by atoms with Crippen molar-refractivity contribution in [3.05, 3.63) is 40.9 Å². The van der Waals surface area contributed by atoms with E-state index < -0.39 is 6.03 Å². The molecule has 24 heavy (non-hydrogen) atoms. The van der Waals surface area contributed by atoms with Gasteiger partial charge in [-0.2, -0.15) is 0 Å². The van der Waals surface area contributed by atoms with Crippen molar-refractivity contribution in [2.24, 2.45) is 0 Å². The van der Waals surface area contributed by atoms with E-state index in [1.54, 1.807) is 17.4 Å². The fourth-order valence-corrected chi connectivity index (χ4v) is 3.40. The van der Waals surface area contributed by atoms with E-state index >= 15 is 0 Å². The molecule has 9 heteroatoms. The van der Waals surface area contributed by atoms with Crippen molar-refractivity contribution in [2.45, 2.75) is 25.0 Å². The van der Waals surface area contributed by atoms with Gasteiger partial charge in [-0.15, -0.1) is 28.1 Å². The van der Waals surface area contributed by atoms with Crippen LogP contribution >= 0.6 is 23.1 Å². The molecule has 128 valence electrons. The molecule has 0 atom stereocenters. The molecule has 0 aliphatic heterocycles. The summed E-state index contributed by atoms with van der Waals surface area (Å²) in [5, 5.41) is 15.6. The van der Waals surface area contributed by atoms with E-state index in [1.165, 1.54) is 16.6 Å². The molecule has 3 amide bonds. The summed E-state index contributed by atoms with van der Waals surface area (Å²) in [6.45, 7) is 6.58. The topological polar surface area (TPSA) is 88.9 Å². The Morgan fingerprint density at radius 1 is 1.46 bits per heavy atom. The molecule has 0 saturated heterocycles. The molecular weight excluding hydrogens is 346 g/mol. The number of nitrogens with one attached hydrogen (secondary N) is 2. The summed E-state index contributed by atoms with van der Waals surface area (Å²) < 4.78 is 1.85. The minimum atomic E-state index is -0.485. The molecule has 2 aromatic heterocycles. The number of carbonyl (C=O) groups excluding carboxylic acids is 2. The van der Waals surface area contributed by atoms with Crippen LogP contribution < -0.4 is 10.6 Å². The van der Waals surface area contributed by atoms with E-state index in [1.807, 2.05) is 29.0 Å². The first-order valence-corrected chi connectivity index (χ1v) is 9.20. The molecule has 0 fully saturated rings. The quantitative estimate of drug-likeness (QED) is 0.552. The maximum absolute atomic E-state index is 11.8. The van der Waals surface area contributed by atoms with Crippen molar-refractivity contribution < 1.29 is 9.59 Å². The largest absolute Gasteiger partial charge is 0.337 e. The van der Waals surface area contributed by atoms with Crippen molar-refractivity contribution in [1.29, 1.82) is 0 Å². The van der Waals surface area contributed by atoms with Gasteiger partial charge in [0.25, 0.3) is 0 Å². The van der Waals surface area contributed by atoms with Crippen molar-refractivity contribution in [3.63, 3.8) is 0 Å². The molecule has 2 rings (SSSR count). The lowest BCUT2D eigenvalue weighted by atomic mass is 10.3. The Bertz CT molecular complexity index is 697. The molecule has 2 heterocycles. The molecule has 0 bridgehead atoms. The molecule has 0 unspecified atom stereocenters. The lowest BCUT2D eigenvalue weighted by Crippen LogP contribution is -2.41. The SMILES string of the molecule is C=CCn1c(C)nnc1SCC(=O)NC(=O)NCCc1cccs1. The van der Waals surface area contributed by atoms with E-state index in [4.69, 9.17) is 0 Å². The number of nitrogens with zero attached hydrogens (tertiary/aromatic N) is 3. The zero-order chi connectivity index (χ0) is 17.4. The number of allylic oxidation sites excluding steroid dienone is 1. The second kappa shape index (κ2) is 9.24. The van der Waals surface area contributed by atoms with Gasteiger partial charge >= 0.3 is 6.03 Å². The van der Waals surface area contributed by atoms with Crippen LogP contribution in [-0.4, -0.2) is 39.0 Å². The van der Waals surface area contributed by atoms with Crippen LogP contribution in [0, 0.1) is 6.92 Å². The first-order chi connectivity index (χ1) is 11.6. The number of thioether (sulfide) groups is 1. The van der Waals surface area contributed by atoms with Crippen LogP contribution in [0.15, 0.2) is 35.3 Å². The van der Waals surface area contributed by atoms with Crippen molar-refractivity contribution >= 4 is 35.0 Å². The van der Waals surface area contributed by atoms with Gasteiger partial charge in [-0.3, -0.25) is 10.1 Å². The highest BCUT2D eigenvalue weighted by molar-refractivity contribution is 7.99. The van der Waals surface area contributed by atoms with Gasteiger partial charge in [-0.25, -0.2) is 4.79 Å². The molecule has 0 spiro atoms. The Balaban J connectivity index is 1.70. The second-order valence-electron chi connectivity index (χ2n) is 4.85. The standard InChI is InChI=1S/C15H19N5O2S2/c1-3-8-20-11(2)18-19-15(20)24-10-13(21)17-14(22)16-7-6-12-5-4-9-23-12/h3-5,9H,1,6-8,10H2,2H3,(H2,16,17,21,22). The lowest BCUT2D eigenvalue weighted by Gasteiger charge is -2.07. The van der Waals surface area contributed by atoms with Gasteiger partial charge in [-0.1, -0.05) is 23.9 Å². The van der Waals surface area contributed by atoms with Crippen LogP contribution in [0.5, 0.6) is 0 Å². The zero-order valence-corrected chi connectivity index (χ0v) is 15.0. The van der Waals surface area contributed by atoms with Crippen LogP contribution in [0.4, 0.5) is 4.79 Å². The Hall–Kier alpha value is -2.13. The highest BCUT2D eigenvalue weighted by atomic mass is 32.2. The summed E-state index contributed by atoms with van der Waals surface area (Å²) >= 11 is 2.87. The number of hydrogen-bond acceptors (Lipinski definition) is 6. The van der Waals surface area contributed by atoms with Crippen molar-refractivity contribution in [3.8, 4) is 0 Å². The Kier molecular flexibility index (Phi) is 7.01. The van der Waals surface area contributed by atoms with Crippen LogP contribution in [0.2, 0.25) is 0 Å². The molecule has 0 saturated carbocycles. The minimum Gasteiger partial charge on any atom is -0.337 e. The van der Waals surface area contributed by atoms with Crippen LogP contribution in [-0.2, 0) is 17.8 Å². The van der Waals surface area contributed by atoms with E-state index in [-0.39, 0.29) is 11.7 Å². The molecule has 2 N–H and O–H groups in total. The number of aromatic nitrogens is 3. The van der Waals surface area contributed by atoms with Crippen LogP contribution in [0.25, 0.3) is 0 Å². The molecular formula is C15H19N5O2S2. The zero-order valence-electron chi connectivity index (χ0n) is 13.3. The van der Waals surface area contributed by atoms with E-state index in [0.29, 0.717) is 18.2 Å². The first-order valence-electron chi connectivity index (χ1n) is 7.33. The third kappa shape index (κ3) is 5.50. The van der Waals surface area contributed by atoms with Gasteiger partial charge in [0.2, 0.25) is 5.91 Å². The minimum absolute atomic E-state index is 0.0909. The summed E-state index contributed by atoms with van der Waals surface area (Å²) in [5.74, 6) is 0.469. The van der Waals surface area contributed by atoms with E-state index in [2.05, 4.69) is 27.4 Å². The van der Waals surface area contributed by atoms with Gasteiger partial charge in [0.1, 0.15) is 5.82 Å². The summed E-state index contributed by atoms with van der Waals surface area (Å²) in [7, 11) is 0. The lowest BCUT2D eigenvalue weighted by molar-refractivity contribution is -0.117. The maximum atomic E-state index is 11.8. The van der Waals surface area contributed by atoms with Crippen LogP contribution in [0.1, 0.15) is 10.7 Å². The third-order valence-electron chi connectivity index (χ3n) is 3.04. The Labute approximate surface area is 148 Å². The number of rotatable bonds is 8. The molecule has 7 nitrogen and oxygen atoms in total. The number of aryl methyl sites for hydroxylation is 1. The van der Waals surface area contributed by atoms with Gasteiger partial charge in [0.15, 0.2) is 5.16 Å². The van der Waals surface area contributed by atoms with Gasteiger partial charge in [0.05, 0.1) is 5.75 Å². The van der Waals surface area contributed by atoms with Gasteiger partial charge in [0, 0.05) is 18.0 Å². The predicted molar refractivity (Wildman–Crippen MR) is 95.2 cm³/mol. The summed E-state index contributed by atoms with van der Waals surface area (Å²) in [5.41, 5.74) is 0. The normalized spacial score (nSPS) is 10.4. The fraction of sp³-hybridized carbons (Fsp3) is 0.333. The van der Waals surface area contributed by atoms with Gasteiger partial charge < -0.3 is 9.88 Å². The molecule has 0 aliphatic carbocycles. The highest BCUT2D eigenvalue weighted by Gasteiger charge is 2.12. The second-order valence-corrected chi connectivity index (χ2v) is 6.83. The maximum Gasteiger partial charge on any atom is 0.321 e. The number of amides is 3. The summed E-state index contributed by atoms with van der Waals surface area (Å²) in [6, 6.07) is 3.49. The molecule has 0 radical (unpaired) electrons. The third-order valence-corrected chi connectivity index (χ3v) is 4.94. The Morgan fingerprint density at radius 3 is 3.00 bits per heavy atom. The van der Waals surface area contributed by atoms with Crippen molar-refractivity contribution in [2.75, 3.05) is 12.3 Å². The monoisotopic (exact) mass is 365 g/mol. The molecule has 0 aromatic carbocycles. The van der Waals surface area contributed by atoms with Gasteiger partial charge in [-0.05, 0) is 24.8 Å². The van der Waals surface area contributed by atoms with Crippen molar-refractivity contribution in [1.82, 2.24) is 25.4 Å². The number of urea groups is 1. The first kappa shape index (κ1) is 18.2. The number of imide groups is 1. The Morgan fingerprint density at radius 2 is 2.29 bits per heavy atom. The predicted octanol–water partition coefficient (Wildman–Crippen LogP) is 1.99.